The number of benzene rings is 1. The second-order valence-electron chi connectivity index (χ2n) is 4.95. The maximum absolute atomic E-state index is 13.5. The van der Waals surface area contributed by atoms with Crippen molar-refractivity contribution in [2.75, 3.05) is 19.7 Å². The van der Waals surface area contributed by atoms with Gasteiger partial charge in [-0.2, -0.15) is 0 Å². The van der Waals surface area contributed by atoms with Crippen LogP contribution in [0.5, 0.6) is 0 Å². The van der Waals surface area contributed by atoms with Crippen LogP contribution in [0.3, 0.4) is 0 Å². The van der Waals surface area contributed by atoms with Gasteiger partial charge in [0.1, 0.15) is 5.82 Å². The summed E-state index contributed by atoms with van der Waals surface area (Å²) in [5.74, 6) is -0.0819. The molecule has 1 saturated heterocycles. The number of hydrogen-bond donors (Lipinski definition) is 1. The molecule has 1 heterocycles. The Morgan fingerprint density at radius 1 is 1.55 bits per heavy atom. The zero-order chi connectivity index (χ0) is 14.5. The van der Waals surface area contributed by atoms with E-state index in [1.54, 1.807) is 17.0 Å². The van der Waals surface area contributed by atoms with Crippen LogP contribution < -0.4 is 0 Å². The van der Waals surface area contributed by atoms with E-state index in [-0.39, 0.29) is 18.3 Å². The second-order valence-corrected chi connectivity index (χ2v) is 5.87. The summed E-state index contributed by atoms with van der Waals surface area (Å²) in [4.78, 5) is 13.7. The summed E-state index contributed by atoms with van der Waals surface area (Å²) in [5, 5.41) is 8.90. The average Bonchev–Trinajstić information content (AvgIpc) is 2.88. The molecule has 5 heteroatoms. The molecule has 3 nitrogen and oxygen atoms in total. The lowest BCUT2D eigenvalue weighted by atomic mass is 10.1. The minimum Gasteiger partial charge on any atom is -0.396 e. The number of aliphatic hydroxyl groups excluding tert-OH is 1. The first-order chi connectivity index (χ1) is 9.60. The fraction of sp³-hybridized carbons (Fsp3) is 0.400. The summed E-state index contributed by atoms with van der Waals surface area (Å²) in [6.07, 6.45) is 4.56. The summed E-state index contributed by atoms with van der Waals surface area (Å²) in [6, 6.07) is 4.62. The Balaban J connectivity index is 1.98. The molecular formula is C15H17BrFNO2. The lowest BCUT2D eigenvalue weighted by molar-refractivity contribution is -0.125. The second kappa shape index (κ2) is 6.99. The van der Waals surface area contributed by atoms with E-state index in [0.29, 0.717) is 24.6 Å². The Labute approximate surface area is 126 Å². The molecule has 0 radical (unpaired) electrons. The van der Waals surface area contributed by atoms with Crippen molar-refractivity contribution in [3.8, 4) is 0 Å². The van der Waals surface area contributed by atoms with Gasteiger partial charge >= 0.3 is 0 Å². The molecule has 2 rings (SSSR count). The van der Waals surface area contributed by atoms with Crippen molar-refractivity contribution in [1.29, 1.82) is 0 Å². The number of carbonyl (C=O) groups excluding carboxylic acids is 1. The smallest absolute Gasteiger partial charge is 0.246 e. The molecule has 0 aliphatic carbocycles. The molecular weight excluding hydrogens is 325 g/mol. The van der Waals surface area contributed by atoms with Gasteiger partial charge in [-0.1, -0.05) is 15.9 Å². The van der Waals surface area contributed by atoms with Crippen LogP contribution in [0, 0.1) is 11.7 Å². The molecule has 1 aromatic carbocycles. The van der Waals surface area contributed by atoms with E-state index in [4.69, 9.17) is 5.11 Å². The van der Waals surface area contributed by atoms with Gasteiger partial charge in [-0.3, -0.25) is 4.79 Å². The van der Waals surface area contributed by atoms with E-state index >= 15 is 0 Å². The van der Waals surface area contributed by atoms with Crippen molar-refractivity contribution in [3.63, 3.8) is 0 Å². The Kier molecular flexibility index (Phi) is 5.31. The summed E-state index contributed by atoms with van der Waals surface area (Å²) in [7, 11) is 0. The van der Waals surface area contributed by atoms with Gasteiger partial charge < -0.3 is 10.0 Å². The van der Waals surface area contributed by atoms with E-state index in [9.17, 15) is 9.18 Å². The number of nitrogens with zero attached hydrogens (tertiary/aromatic N) is 1. The molecule has 1 atom stereocenters. The van der Waals surface area contributed by atoms with E-state index in [0.717, 1.165) is 17.3 Å². The van der Waals surface area contributed by atoms with Crippen LogP contribution in [-0.2, 0) is 4.79 Å². The van der Waals surface area contributed by atoms with Crippen molar-refractivity contribution in [1.82, 2.24) is 4.90 Å². The normalized spacial score (nSPS) is 18.9. The van der Waals surface area contributed by atoms with Gasteiger partial charge in [0.25, 0.3) is 0 Å². The number of aliphatic hydroxyl groups is 1. The topological polar surface area (TPSA) is 40.5 Å². The van der Waals surface area contributed by atoms with Crippen LogP contribution in [-0.4, -0.2) is 35.6 Å². The third-order valence-corrected chi connectivity index (χ3v) is 3.99. The summed E-state index contributed by atoms with van der Waals surface area (Å²) in [5.41, 5.74) is 0.388. The Morgan fingerprint density at radius 3 is 3.10 bits per heavy atom. The number of likely N-dealkylation sites (tertiary alicyclic amines) is 1. The molecule has 0 spiro atoms. The molecule has 1 aromatic rings. The Morgan fingerprint density at radius 2 is 2.35 bits per heavy atom. The number of amides is 1. The minimum absolute atomic E-state index is 0.107. The van der Waals surface area contributed by atoms with Gasteiger partial charge in [0.05, 0.1) is 0 Å². The third-order valence-electron chi connectivity index (χ3n) is 3.50. The predicted octanol–water partition coefficient (Wildman–Crippen LogP) is 2.83. The summed E-state index contributed by atoms with van der Waals surface area (Å²) in [6.45, 7) is 1.53. The molecule has 1 N–H and O–H groups in total. The van der Waals surface area contributed by atoms with Crippen LogP contribution in [0.25, 0.3) is 6.08 Å². The number of rotatable bonds is 4. The summed E-state index contributed by atoms with van der Waals surface area (Å²) < 4.78 is 14.3. The molecule has 1 unspecified atom stereocenters. The van der Waals surface area contributed by atoms with Crippen molar-refractivity contribution < 1.29 is 14.3 Å². The van der Waals surface area contributed by atoms with Gasteiger partial charge in [0.2, 0.25) is 5.91 Å². The highest BCUT2D eigenvalue weighted by Crippen LogP contribution is 2.20. The first-order valence-corrected chi connectivity index (χ1v) is 7.42. The van der Waals surface area contributed by atoms with Crippen LogP contribution in [0.2, 0.25) is 0 Å². The van der Waals surface area contributed by atoms with Crippen LogP contribution in [0.15, 0.2) is 28.7 Å². The quantitative estimate of drug-likeness (QED) is 0.855. The summed E-state index contributed by atoms with van der Waals surface area (Å²) >= 11 is 3.28. The van der Waals surface area contributed by atoms with Crippen molar-refractivity contribution in [3.05, 3.63) is 40.1 Å². The van der Waals surface area contributed by atoms with Crippen molar-refractivity contribution >= 4 is 27.9 Å². The van der Waals surface area contributed by atoms with Gasteiger partial charge in [-0.15, -0.1) is 0 Å². The van der Waals surface area contributed by atoms with Crippen molar-refractivity contribution in [2.24, 2.45) is 5.92 Å². The van der Waals surface area contributed by atoms with E-state index in [1.807, 2.05) is 0 Å². The lowest BCUT2D eigenvalue weighted by Crippen LogP contribution is -2.26. The SMILES string of the molecule is O=C(/C=C/c1cc(Br)ccc1F)N1CCC(CCO)C1. The first kappa shape index (κ1) is 15.2. The highest BCUT2D eigenvalue weighted by Gasteiger charge is 2.24. The van der Waals surface area contributed by atoms with Crippen molar-refractivity contribution in [2.45, 2.75) is 12.8 Å². The molecule has 1 aliphatic rings. The molecule has 0 saturated carbocycles. The maximum atomic E-state index is 13.5. The highest BCUT2D eigenvalue weighted by atomic mass is 79.9. The van der Waals surface area contributed by atoms with Gasteiger partial charge in [0, 0.05) is 35.8 Å². The van der Waals surface area contributed by atoms with E-state index in [2.05, 4.69) is 15.9 Å². The highest BCUT2D eigenvalue weighted by molar-refractivity contribution is 9.10. The van der Waals surface area contributed by atoms with Crippen LogP contribution in [0.4, 0.5) is 4.39 Å². The fourth-order valence-electron chi connectivity index (χ4n) is 2.36. The number of hydrogen-bond acceptors (Lipinski definition) is 2. The Hall–Kier alpha value is -1.20. The van der Waals surface area contributed by atoms with Gasteiger partial charge in [-0.05, 0) is 43.0 Å². The molecule has 1 aliphatic heterocycles. The first-order valence-electron chi connectivity index (χ1n) is 6.63. The average molecular weight is 342 g/mol. The van der Waals surface area contributed by atoms with Crippen LogP contribution in [0.1, 0.15) is 18.4 Å². The van der Waals surface area contributed by atoms with Gasteiger partial charge in [-0.25, -0.2) is 4.39 Å². The van der Waals surface area contributed by atoms with E-state index in [1.165, 1.54) is 18.2 Å². The minimum atomic E-state index is -0.350. The predicted molar refractivity (Wildman–Crippen MR) is 79.5 cm³/mol. The van der Waals surface area contributed by atoms with E-state index < -0.39 is 0 Å². The fourth-order valence-corrected chi connectivity index (χ4v) is 2.74. The molecule has 1 amide bonds. The molecule has 1 fully saturated rings. The third kappa shape index (κ3) is 3.90. The number of carbonyl (C=O) groups is 1. The zero-order valence-electron chi connectivity index (χ0n) is 11.1. The zero-order valence-corrected chi connectivity index (χ0v) is 12.6. The molecule has 20 heavy (non-hydrogen) atoms. The molecule has 0 bridgehead atoms. The molecule has 0 aromatic heterocycles. The molecule has 108 valence electrons. The van der Waals surface area contributed by atoms with Crippen LogP contribution >= 0.6 is 15.9 Å². The van der Waals surface area contributed by atoms with Gasteiger partial charge in [0.15, 0.2) is 0 Å². The maximum Gasteiger partial charge on any atom is 0.246 e. The largest absolute Gasteiger partial charge is 0.396 e. The number of halogens is 2. The standard InChI is InChI=1S/C15H17BrFNO2/c16-13-2-3-14(17)12(9-13)1-4-15(20)18-7-5-11(10-18)6-8-19/h1-4,9,11,19H,5-8,10H2/b4-1+. The monoisotopic (exact) mass is 341 g/mol. The lowest BCUT2D eigenvalue weighted by Gasteiger charge is -2.13. The Bertz CT molecular complexity index is 519.